The van der Waals surface area contributed by atoms with Crippen LogP contribution in [0.2, 0.25) is 0 Å². The van der Waals surface area contributed by atoms with Gasteiger partial charge in [0.15, 0.2) is 0 Å². The second-order valence-electron chi connectivity index (χ2n) is 10.3. The summed E-state index contributed by atoms with van der Waals surface area (Å²) in [6.45, 7) is 1.64. The maximum absolute atomic E-state index is 12.4. The minimum absolute atomic E-state index is 0.0278. The van der Waals surface area contributed by atoms with E-state index in [4.69, 9.17) is 14.9 Å². The molecule has 1 amide bonds. The summed E-state index contributed by atoms with van der Waals surface area (Å²) in [6.07, 6.45) is 21.6. The summed E-state index contributed by atoms with van der Waals surface area (Å²) in [5, 5.41) is 17.9. The number of para-hydroxylation sites is 1. The summed E-state index contributed by atoms with van der Waals surface area (Å²) < 4.78 is 5.97. The zero-order valence-electron chi connectivity index (χ0n) is 23.6. The van der Waals surface area contributed by atoms with Crippen molar-refractivity contribution in [2.24, 2.45) is 0 Å². The van der Waals surface area contributed by atoms with Gasteiger partial charge >= 0.3 is 11.9 Å². The van der Waals surface area contributed by atoms with E-state index in [2.05, 4.69) is 6.92 Å². The first-order valence-corrected chi connectivity index (χ1v) is 14.9. The molecule has 0 fully saturated rings. The zero-order chi connectivity index (χ0) is 27.8. The molecule has 0 aliphatic rings. The summed E-state index contributed by atoms with van der Waals surface area (Å²) in [6, 6.07) is 7.51. The van der Waals surface area contributed by atoms with Gasteiger partial charge in [0.1, 0.15) is 18.8 Å². The topological polar surface area (TPSA) is 104 Å². The highest BCUT2D eigenvalue weighted by molar-refractivity contribution is 5.85. The maximum Gasteiger partial charge on any atom is 0.323 e. The van der Waals surface area contributed by atoms with Crippen molar-refractivity contribution >= 4 is 17.8 Å². The van der Waals surface area contributed by atoms with Crippen LogP contribution in [-0.4, -0.2) is 52.7 Å². The summed E-state index contributed by atoms with van der Waals surface area (Å²) >= 11 is 0. The molecule has 1 aromatic rings. The van der Waals surface area contributed by atoms with E-state index in [1.807, 2.05) is 24.3 Å². The van der Waals surface area contributed by atoms with E-state index in [9.17, 15) is 14.4 Å². The van der Waals surface area contributed by atoms with Crippen LogP contribution in [-0.2, 0) is 20.8 Å². The van der Waals surface area contributed by atoms with Crippen molar-refractivity contribution in [1.82, 2.24) is 4.90 Å². The lowest BCUT2D eigenvalue weighted by Crippen LogP contribution is -2.39. The van der Waals surface area contributed by atoms with Crippen LogP contribution in [0.3, 0.4) is 0 Å². The molecule has 1 aromatic carbocycles. The first-order valence-electron chi connectivity index (χ1n) is 14.9. The highest BCUT2D eigenvalue weighted by Crippen LogP contribution is 2.21. The Morgan fingerprint density at radius 3 is 1.61 bits per heavy atom. The lowest BCUT2D eigenvalue weighted by molar-refractivity contribution is -0.149. The van der Waals surface area contributed by atoms with Gasteiger partial charge in [-0.05, 0) is 24.5 Å². The van der Waals surface area contributed by atoms with Gasteiger partial charge < -0.3 is 19.8 Å². The second-order valence-corrected chi connectivity index (χ2v) is 10.3. The number of unbranched alkanes of at least 4 members (excludes halogenated alkanes) is 15. The maximum atomic E-state index is 12.4. The molecule has 7 heteroatoms. The van der Waals surface area contributed by atoms with E-state index in [0.717, 1.165) is 29.1 Å². The first-order chi connectivity index (χ1) is 18.4. The number of rotatable bonds is 25. The largest absolute Gasteiger partial charge is 0.493 e. The molecule has 0 aromatic heterocycles. The van der Waals surface area contributed by atoms with Crippen molar-refractivity contribution in [3.05, 3.63) is 29.8 Å². The Hall–Kier alpha value is -2.57. The van der Waals surface area contributed by atoms with E-state index < -0.39 is 30.9 Å². The number of nitrogens with zero attached hydrogens (tertiary/aromatic N) is 1. The van der Waals surface area contributed by atoms with Gasteiger partial charge in [0.2, 0.25) is 5.91 Å². The Bertz CT molecular complexity index is 765. The Morgan fingerprint density at radius 1 is 0.684 bits per heavy atom. The molecule has 0 aliphatic heterocycles. The van der Waals surface area contributed by atoms with Crippen LogP contribution in [0.15, 0.2) is 24.3 Å². The predicted molar refractivity (Wildman–Crippen MR) is 152 cm³/mol. The molecule has 0 saturated heterocycles. The molecule has 2 N–H and O–H groups in total. The molecule has 7 nitrogen and oxygen atoms in total. The molecule has 0 radical (unpaired) electrons. The van der Waals surface area contributed by atoms with Crippen LogP contribution in [0.1, 0.15) is 122 Å². The van der Waals surface area contributed by atoms with Crippen molar-refractivity contribution in [3.63, 3.8) is 0 Å². The van der Waals surface area contributed by atoms with Gasteiger partial charge in [-0.2, -0.15) is 0 Å². The second kappa shape index (κ2) is 22.4. The van der Waals surface area contributed by atoms with Crippen molar-refractivity contribution < 1.29 is 29.3 Å². The van der Waals surface area contributed by atoms with Crippen molar-refractivity contribution in [1.29, 1.82) is 0 Å². The van der Waals surface area contributed by atoms with E-state index in [-0.39, 0.29) is 6.42 Å². The number of aliphatic carboxylic acids is 2. The SMILES string of the molecule is CCCCCCCCCCCCCCCCCCOc1ccccc1CCC(=O)N(CC(=O)O)CC(=O)O. The Balaban J connectivity index is 2.12. The van der Waals surface area contributed by atoms with Crippen molar-refractivity contribution in [3.8, 4) is 5.75 Å². The van der Waals surface area contributed by atoms with E-state index >= 15 is 0 Å². The molecule has 38 heavy (non-hydrogen) atoms. The quantitative estimate of drug-likeness (QED) is 0.128. The van der Waals surface area contributed by atoms with Gasteiger partial charge in [-0.25, -0.2) is 0 Å². The summed E-state index contributed by atoms with van der Waals surface area (Å²) in [4.78, 5) is 35.1. The number of ether oxygens (including phenoxy) is 1. The van der Waals surface area contributed by atoms with Crippen LogP contribution in [0, 0.1) is 0 Å². The molecule has 1 rings (SSSR count). The fourth-order valence-electron chi connectivity index (χ4n) is 4.64. The summed E-state index contributed by atoms with van der Waals surface area (Å²) in [5.74, 6) is -2.24. The van der Waals surface area contributed by atoms with Gasteiger partial charge in [-0.3, -0.25) is 14.4 Å². The number of hydrogen-bond acceptors (Lipinski definition) is 4. The smallest absolute Gasteiger partial charge is 0.323 e. The standard InChI is InChI=1S/C31H51NO6/c1-2-3-4-5-6-7-8-9-10-11-12-13-14-15-16-19-24-38-28-21-18-17-20-27(28)22-23-29(33)32(25-30(34)35)26-31(36)37/h17-18,20-21H,2-16,19,22-26H2,1H3,(H,34,35)(H,36,37). The molecule has 0 atom stereocenters. The highest BCUT2D eigenvalue weighted by Gasteiger charge is 2.19. The first kappa shape index (κ1) is 33.5. The van der Waals surface area contributed by atoms with E-state index in [1.165, 1.54) is 89.9 Å². The third kappa shape index (κ3) is 17.8. The number of carboxylic acids is 2. The number of benzene rings is 1. The average molecular weight is 534 g/mol. The normalized spacial score (nSPS) is 10.9. The van der Waals surface area contributed by atoms with Gasteiger partial charge in [0.25, 0.3) is 0 Å². The fraction of sp³-hybridized carbons (Fsp3) is 0.710. The Kier molecular flexibility index (Phi) is 19.7. The van der Waals surface area contributed by atoms with Crippen LogP contribution < -0.4 is 4.74 Å². The Morgan fingerprint density at radius 2 is 1.13 bits per heavy atom. The monoisotopic (exact) mass is 533 g/mol. The molecular weight excluding hydrogens is 482 g/mol. The lowest BCUT2D eigenvalue weighted by Gasteiger charge is -2.19. The molecule has 216 valence electrons. The Labute approximate surface area is 230 Å². The predicted octanol–water partition coefficient (Wildman–Crippen LogP) is 7.26. The molecule has 0 spiro atoms. The lowest BCUT2D eigenvalue weighted by atomic mass is 10.0. The third-order valence-corrected chi connectivity index (χ3v) is 6.84. The van der Waals surface area contributed by atoms with E-state index in [1.54, 1.807) is 0 Å². The molecule has 0 heterocycles. The average Bonchev–Trinajstić information content (AvgIpc) is 2.88. The van der Waals surface area contributed by atoms with Gasteiger partial charge in [-0.15, -0.1) is 0 Å². The number of carbonyl (C=O) groups is 3. The van der Waals surface area contributed by atoms with Crippen LogP contribution >= 0.6 is 0 Å². The molecule has 0 saturated carbocycles. The van der Waals surface area contributed by atoms with Crippen molar-refractivity contribution in [2.75, 3.05) is 19.7 Å². The number of carboxylic acid groups (broad SMARTS) is 2. The molecule has 0 bridgehead atoms. The molecule has 0 unspecified atom stereocenters. The van der Waals surface area contributed by atoms with Gasteiger partial charge in [-0.1, -0.05) is 121 Å². The summed E-state index contributed by atoms with van der Waals surface area (Å²) in [5.41, 5.74) is 0.864. The van der Waals surface area contributed by atoms with Gasteiger partial charge in [0, 0.05) is 6.42 Å². The highest BCUT2D eigenvalue weighted by atomic mass is 16.5. The van der Waals surface area contributed by atoms with Gasteiger partial charge in [0.05, 0.1) is 6.61 Å². The fourth-order valence-corrected chi connectivity index (χ4v) is 4.64. The summed E-state index contributed by atoms with van der Waals surface area (Å²) in [7, 11) is 0. The van der Waals surface area contributed by atoms with Crippen molar-refractivity contribution in [2.45, 2.75) is 122 Å². The van der Waals surface area contributed by atoms with Crippen LogP contribution in [0.5, 0.6) is 5.75 Å². The molecule has 0 aliphatic carbocycles. The number of aryl methyl sites for hydroxylation is 1. The van der Waals surface area contributed by atoms with E-state index in [0.29, 0.717) is 13.0 Å². The van der Waals surface area contributed by atoms with Crippen LogP contribution in [0.4, 0.5) is 0 Å². The third-order valence-electron chi connectivity index (χ3n) is 6.84. The van der Waals surface area contributed by atoms with Crippen LogP contribution in [0.25, 0.3) is 0 Å². The minimum Gasteiger partial charge on any atom is -0.493 e. The number of amides is 1. The molecular formula is C31H51NO6. The number of hydrogen-bond donors (Lipinski definition) is 2. The minimum atomic E-state index is -1.23. The zero-order valence-corrected chi connectivity index (χ0v) is 23.6. The number of carbonyl (C=O) groups excluding carboxylic acids is 1.